The number of carbonyl (C=O) groups excluding carboxylic acids is 2. The van der Waals surface area contributed by atoms with Gasteiger partial charge >= 0.3 is 11.5 Å². The molecule has 0 N–H and O–H groups in total. The van der Waals surface area contributed by atoms with Crippen LogP contribution in [0.4, 0.5) is 18.9 Å². The second-order valence-electron chi connectivity index (χ2n) is 6.24. The van der Waals surface area contributed by atoms with Gasteiger partial charge in [0.1, 0.15) is 0 Å². The van der Waals surface area contributed by atoms with E-state index in [2.05, 4.69) is 0 Å². The second kappa shape index (κ2) is 9.73. The van der Waals surface area contributed by atoms with E-state index in [4.69, 9.17) is 4.74 Å². The third kappa shape index (κ3) is 6.23. The van der Waals surface area contributed by atoms with Crippen LogP contribution in [-0.2, 0) is 14.6 Å². The first kappa shape index (κ1) is 24.7. The summed E-state index contributed by atoms with van der Waals surface area (Å²) in [6.07, 6.45) is 0. The minimum atomic E-state index is -4.44. The minimum absolute atomic E-state index is 0.0124. The van der Waals surface area contributed by atoms with Crippen molar-refractivity contribution < 1.29 is 35.9 Å². The Bertz CT molecular complexity index is 1070. The zero-order chi connectivity index (χ0) is 23.4. The molecule has 0 aliphatic rings. The summed E-state index contributed by atoms with van der Waals surface area (Å²) in [5, 5.41) is 0. The van der Waals surface area contributed by atoms with Crippen molar-refractivity contribution in [1.82, 2.24) is 0 Å². The molecular formula is C20H20F3NO5S2. The highest BCUT2D eigenvalue weighted by atomic mass is 32.2. The lowest BCUT2D eigenvalue weighted by molar-refractivity contribution is -0.0328. The van der Waals surface area contributed by atoms with Gasteiger partial charge in [0.15, 0.2) is 9.84 Å². The summed E-state index contributed by atoms with van der Waals surface area (Å²) in [5.41, 5.74) is -4.34. The van der Waals surface area contributed by atoms with Gasteiger partial charge in [-0.05, 0) is 61.2 Å². The predicted molar refractivity (Wildman–Crippen MR) is 111 cm³/mol. The third-order valence-electron chi connectivity index (χ3n) is 4.20. The van der Waals surface area contributed by atoms with Gasteiger partial charge < -0.3 is 9.64 Å². The molecule has 0 aromatic heterocycles. The molecule has 1 amide bonds. The molecule has 168 valence electrons. The number of nitrogens with zero attached hydrogens (tertiary/aromatic N) is 1. The van der Waals surface area contributed by atoms with Crippen LogP contribution >= 0.6 is 11.8 Å². The zero-order valence-electron chi connectivity index (χ0n) is 16.9. The Balaban J connectivity index is 2.42. The molecule has 6 nitrogen and oxygen atoms in total. The van der Waals surface area contributed by atoms with E-state index in [0.717, 1.165) is 11.0 Å². The molecule has 0 saturated carbocycles. The Labute approximate surface area is 182 Å². The smallest absolute Gasteiger partial charge is 0.446 e. The molecule has 0 fully saturated rings. The number of halogens is 3. The maximum Gasteiger partial charge on any atom is 0.446 e. The van der Waals surface area contributed by atoms with Gasteiger partial charge in [-0.25, -0.2) is 13.2 Å². The van der Waals surface area contributed by atoms with Gasteiger partial charge in [0.25, 0.3) is 5.91 Å². The van der Waals surface area contributed by atoms with Crippen molar-refractivity contribution in [1.29, 1.82) is 0 Å². The van der Waals surface area contributed by atoms with Crippen LogP contribution in [0.15, 0.2) is 52.3 Å². The van der Waals surface area contributed by atoms with E-state index < -0.39 is 27.2 Å². The van der Waals surface area contributed by atoms with E-state index in [-0.39, 0.29) is 50.7 Å². The van der Waals surface area contributed by atoms with E-state index in [0.29, 0.717) is 0 Å². The molecule has 0 heterocycles. The van der Waals surface area contributed by atoms with Crippen LogP contribution in [0, 0.1) is 0 Å². The van der Waals surface area contributed by atoms with Gasteiger partial charge in [0.05, 0.1) is 28.4 Å². The Morgan fingerprint density at radius 3 is 2.19 bits per heavy atom. The number of esters is 1. The van der Waals surface area contributed by atoms with Crippen molar-refractivity contribution in [2.24, 2.45) is 0 Å². The lowest BCUT2D eigenvalue weighted by Gasteiger charge is -2.20. The fourth-order valence-corrected chi connectivity index (χ4v) is 4.27. The predicted octanol–water partition coefficient (Wildman–Crippen LogP) is 4.55. The first-order valence-corrected chi connectivity index (χ1v) is 11.5. The number of ether oxygens (including phenoxy) is 1. The number of hydrogen-bond donors (Lipinski definition) is 0. The van der Waals surface area contributed by atoms with Gasteiger partial charge in [-0.15, -0.1) is 0 Å². The highest BCUT2D eigenvalue weighted by Crippen LogP contribution is 2.37. The summed E-state index contributed by atoms with van der Waals surface area (Å²) in [7, 11) is -2.50. The number of amides is 1. The van der Waals surface area contributed by atoms with E-state index in [9.17, 15) is 31.2 Å². The quantitative estimate of drug-likeness (QED) is 0.432. The van der Waals surface area contributed by atoms with Gasteiger partial charge in [0, 0.05) is 17.6 Å². The molecule has 0 saturated heterocycles. The molecule has 31 heavy (non-hydrogen) atoms. The van der Waals surface area contributed by atoms with Crippen molar-refractivity contribution in [3.05, 3.63) is 53.6 Å². The van der Waals surface area contributed by atoms with Crippen molar-refractivity contribution >= 4 is 39.2 Å². The number of hydrogen-bond acceptors (Lipinski definition) is 6. The van der Waals surface area contributed by atoms with Gasteiger partial charge in [-0.2, -0.15) is 13.2 Å². The first-order valence-electron chi connectivity index (χ1n) is 9.07. The van der Waals surface area contributed by atoms with E-state index in [1.54, 1.807) is 6.92 Å². The number of benzene rings is 2. The zero-order valence-corrected chi connectivity index (χ0v) is 18.5. The van der Waals surface area contributed by atoms with Gasteiger partial charge in [-0.3, -0.25) is 4.79 Å². The monoisotopic (exact) mass is 475 g/mol. The van der Waals surface area contributed by atoms with Crippen molar-refractivity contribution in [2.75, 3.05) is 24.3 Å². The second-order valence-corrected chi connectivity index (χ2v) is 9.63. The topological polar surface area (TPSA) is 80.8 Å². The van der Waals surface area contributed by atoms with Crippen LogP contribution in [-0.4, -0.2) is 45.2 Å². The maximum atomic E-state index is 13.0. The van der Waals surface area contributed by atoms with E-state index >= 15 is 0 Å². The Morgan fingerprint density at radius 2 is 1.68 bits per heavy atom. The molecule has 0 unspecified atom stereocenters. The van der Waals surface area contributed by atoms with Gasteiger partial charge in [-0.1, -0.05) is 6.92 Å². The Morgan fingerprint density at radius 1 is 1.06 bits per heavy atom. The molecule has 2 aromatic rings. The number of anilines is 1. The normalized spacial score (nSPS) is 11.8. The fraction of sp³-hybridized carbons (Fsp3) is 0.300. The molecule has 0 atom stereocenters. The van der Waals surface area contributed by atoms with Crippen LogP contribution in [0.1, 0.15) is 34.6 Å². The van der Waals surface area contributed by atoms with Gasteiger partial charge in [0.2, 0.25) is 0 Å². The third-order valence-corrected chi connectivity index (χ3v) is 6.71. The molecule has 2 aromatic carbocycles. The molecule has 0 aliphatic carbocycles. The maximum absolute atomic E-state index is 13.0. The molecule has 0 aliphatic heterocycles. The SMILES string of the molecule is CCOC(=O)c1ccc(C(=O)N(C)c2ccc(SC(F)(F)F)cc2)c(S(=O)(=O)CC)c1. The standard InChI is InChI=1S/C20H20F3NO5S2/c1-4-29-19(26)13-6-11-16(17(12-13)31(27,28)5-2)18(25)24(3)14-7-9-15(10-8-14)30-20(21,22)23/h6-12H,4-5H2,1-3H3. The van der Waals surface area contributed by atoms with Crippen LogP contribution in [0.5, 0.6) is 0 Å². The molecular weight excluding hydrogens is 455 g/mol. The van der Waals surface area contributed by atoms with E-state index in [1.807, 2.05) is 0 Å². The molecule has 0 bridgehead atoms. The van der Waals surface area contributed by atoms with Crippen molar-refractivity contribution in [3.8, 4) is 0 Å². The lowest BCUT2D eigenvalue weighted by atomic mass is 10.1. The summed E-state index contributed by atoms with van der Waals surface area (Å²) >= 11 is -0.284. The van der Waals surface area contributed by atoms with E-state index in [1.165, 1.54) is 50.4 Å². The van der Waals surface area contributed by atoms with Crippen LogP contribution in [0.25, 0.3) is 0 Å². The molecule has 0 spiro atoms. The summed E-state index contributed by atoms with van der Waals surface area (Å²) < 4.78 is 67.5. The number of alkyl halides is 3. The number of carbonyl (C=O) groups is 2. The Kier molecular flexibility index (Phi) is 7.77. The Hall–Kier alpha value is -2.53. The molecule has 2 rings (SSSR count). The summed E-state index contributed by atoms with van der Waals surface area (Å²) in [6.45, 7) is 3.11. The number of sulfone groups is 1. The summed E-state index contributed by atoms with van der Waals surface area (Å²) in [5.74, 6) is -1.72. The highest BCUT2D eigenvalue weighted by Gasteiger charge is 2.29. The van der Waals surface area contributed by atoms with Crippen LogP contribution < -0.4 is 4.90 Å². The number of rotatable bonds is 7. The summed E-state index contributed by atoms with van der Waals surface area (Å²) in [4.78, 5) is 25.7. The highest BCUT2D eigenvalue weighted by molar-refractivity contribution is 8.00. The van der Waals surface area contributed by atoms with Crippen LogP contribution in [0.2, 0.25) is 0 Å². The van der Waals surface area contributed by atoms with Crippen molar-refractivity contribution in [2.45, 2.75) is 29.1 Å². The lowest BCUT2D eigenvalue weighted by Crippen LogP contribution is -2.28. The average molecular weight is 476 g/mol. The first-order chi connectivity index (χ1) is 14.4. The molecule has 11 heteroatoms. The fourth-order valence-electron chi connectivity index (χ4n) is 2.62. The van der Waals surface area contributed by atoms with Crippen LogP contribution in [0.3, 0.4) is 0 Å². The largest absolute Gasteiger partial charge is 0.462 e. The minimum Gasteiger partial charge on any atom is -0.462 e. The molecule has 0 radical (unpaired) electrons. The summed E-state index contributed by atoms with van der Waals surface area (Å²) in [6, 6.07) is 8.69. The average Bonchev–Trinajstić information content (AvgIpc) is 2.72. The van der Waals surface area contributed by atoms with Crippen molar-refractivity contribution in [3.63, 3.8) is 0 Å². The number of thioether (sulfide) groups is 1.